The molecule has 2 N–H and O–H groups in total. The van der Waals surface area contributed by atoms with Gasteiger partial charge in [-0.15, -0.1) is 0 Å². The van der Waals surface area contributed by atoms with E-state index in [0.29, 0.717) is 12.5 Å². The number of benzene rings is 1. The topological polar surface area (TPSA) is 55.6 Å². The summed E-state index contributed by atoms with van der Waals surface area (Å²) in [6.45, 7) is 4.49. The van der Waals surface area contributed by atoms with Crippen LogP contribution < -0.4 is 5.73 Å². The Bertz CT molecular complexity index is 450. The zero-order valence-corrected chi connectivity index (χ0v) is 13.5. The monoisotopic (exact) mass is 304 g/mol. The number of rotatable bonds is 6. The van der Waals surface area contributed by atoms with Gasteiger partial charge in [-0.1, -0.05) is 37.3 Å². The highest BCUT2D eigenvalue weighted by Crippen LogP contribution is 2.16. The van der Waals surface area contributed by atoms with Gasteiger partial charge < -0.3 is 15.4 Å². The van der Waals surface area contributed by atoms with Gasteiger partial charge in [0.2, 0.25) is 5.91 Å². The molecule has 0 radical (unpaired) electrons. The molecule has 122 valence electrons. The van der Waals surface area contributed by atoms with E-state index in [0.717, 1.165) is 50.9 Å². The first kappa shape index (κ1) is 17.0. The summed E-state index contributed by atoms with van der Waals surface area (Å²) in [7, 11) is 0. The van der Waals surface area contributed by atoms with Crippen LogP contribution in [0.5, 0.6) is 0 Å². The number of hydrogen-bond acceptors (Lipinski definition) is 3. The molecule has 1 amide bonds. The van der Waals surface area contributed by atoms with Gasteiger partial charge in [0.15, 0.2) is 0 Å². The molecule has 0 bridgehead atoms. The van der Waals surface area contributed by atoms with Crippen molar-refractivity contribution < 1.29 is 9.53 Å². The molecule has 0 saturated carbocycles. The van der Waals surface area contributed by atoms with Gasteiger partial charge in [0.25, 0.3) is 0 Å². The third kappa shape index (κ3) is 5.11. The smallest absolute Gasteiger partial charge is 0.239 e. The van der Waals surface area contributed by atoms with Gasteiger partial charge in [0, 0.05) is 19.7 Å². The fourth-order valence-corrected chi connectivity index (χ4v) is 2.93. The fraction of sp³-hybridized carbons (Fsp3) is 0.611. The summed E-state index contributed by atoms with van der Waals surface area (Å²) in [5.41, 5.74) is 7.24. The van der Waals surface area contributed by atoms with Crippen LogP contribution in [-0.2, 0) is 16.0 Å². The molecule has 1 fully saturated rings. The van der Waals surface area contributed by atoms with E-state index in [1.165, 1.54) is 0 Å². The van der Waals surface area contributed by atoms with Crippen molar-refractivity contribution in [3.8, 4) is 0 Å². The van der Waals surface area contributed by atoms with Crippen molar-refractivity contribution >= 4 is 5.91 Å². The molecule has 1 aromatic carbocycles. The van der Waals surface area contributed by atoms with E-state index < -0.39 is 6.04 Å². The Balaban J connectivity index is 1.84. The molecule has 1 aliphatic rings. The highest BCUT2D eigenvalue weighted by atomic mass is 16.5. The second kappa shape index (κ2) is 8.91. The zero-order valence-electron chi connectivity index (χ0n) is 13.5. The van der Waals surface area contributed by atoms with E-state index in [9.17, 15) is 4.79 Å². The predicted octanol–water partition coefficient (Wildman–Crippen LogP) is 2.36. The summed E-state index contributed by atoms with van der Waals surface area (Å²) in [5.74, 6) is 0.0694. The van der Waals surface area contributed by atoms with E-state index in [2.05, 4.69) is 6.92 Å². The van der Waals surface area contributed by atoms with Crippen LogP contribution in [0.15, 0.2) is 30.3 Å². The molecule has 2 rings (SSSR count). The molecule has 2 atom stereocenters. The lowest BCUT2D eigenvalue weighted by Crippen LogP contribution is -2.45. The highest BCUT2D eigenvalue weighted by molar-refractivity contribution is 5.82. The van der Waals surface area contributed by atoms with Crippen LogP contribution in [-0.4, -0.2) is 42.6 Å². The average molecular weight is 304 g/mol. The standard InChI is InChI=1S/C18H28N2O2/c1-2-13-22-16-9-6-11-20(12-10-16)18(21)17(19)14-15-7-4-3-5-8-15/h3-5,7-8,16-17H,2,6,9-14,19H2,1H3/t16-,17-/m0/s1. The summed E-state index contributed by atoms with van der Waals surface area (Å²) in [6.07, 6.45) is 4.90. The first-order valence-corrected chi connectivity index (χ1v) is 8.40. The molecule has 0 unspecified atom stereocenters. The number of likely N-dealkylation sites (tertiary alicyclic amines) is 1. The maximum absolute atomic E-state index is 12.5. The molecule has 4 heteroatoms. The highest BCUT2D eigenvalue weighted by Gasteiger charge is 2.24. The normalized spacial score (nSPS) is 20.5. The Kier molecular flexibility index (Phi) is 6.87. The van der Waals surface area contributed by atoms with Crippen molar-refractivity contribution in [1.29, 1.82) is 0 Å². The zero-order chi connectivity index (χ0) is 15.8. The molecule has 22 heavy (non-hydrogen) atoms. The van der Waals surface area contributed by atoms with Crippen molar-refractivity contribution in [2.24, 2.45) is 5.73 Å². The summed E-state index contributed by atoms with van der Waals surface area (Å²) >= 11 is 0. The van der Waals surface area contributed by atoms with Crippen LogP contribution in [0, 0.1) is 0 Å². The van der Waals surface area contributed by atoms with E-state index in [1.54, 1.807) is 0 Å². The molecular formula is C18H28N2O2. The van der Waals surface area contributed by atoms with Crippen LogP contribution in [0.2, 0.25) is 0 Å². The molecule has 0 aliphatic carbocycles. The number of carbonyl (C=O) groups is 1. The number of hydrogen-bond donors (Lipinski definition) is 1. The Morgan fingerprint density at radius 1 is 1.32 bits per heavy atom. The van der Waals surface area contributed by atoms with Crippen molar-refractivity contribution in [2.45, 2.75) is 51.2 Å². The molecular weight excluding hydrogens is 276 g/mol. The van der Waals surface area contributed by atoms with Gasteiger partial charge >= 0.3 is 0 Å². The maximum Gasteiger partial charge on any atom is 0.239 e. The average Bonchev–Trinajstić information content (AvgIpc) is 2.78. The Morgan fingerprint density at radius 2 is 2.09 bits per heavy atom. The quantitative estimate of drug-likeness (QED) is 0.878. The van der Waals surface area contributed by atoms with Gasteiger partial charge in [0.05, 0.1) is 12.1 Å². The molecule has 1 saturated heterocycles. The van der Waals surface area contributed by atoms with E-state index in [-0.39, 0.29) is 5.91 Å². The minimum Gasteiger partial charge on any atom is -0.378 e. The summed E-state index contributed by atoms with van der Waals surface area (Å²) in [4.78, 5) is 14.5. The first-order valence-electron chi connectivity index (χ1n) is 8.40. The Hall–Kier alpha value is -1.39. The molecule has 1 aromatic rings. The molecule has 1 aliphatic heterocycles. The number of amides is 1. The van der Waals surface area contributed by atoms with Gasteiger partial charge in [0.1, 0.15) is 0 Å². The van der Waals surface area contributed by atoms with Crippen molar-refractivity contribution in [3.63, 3.8) is 0 Å². The number of nitrogens with zero attached hydrogens (tertiary/aromatic N) is 1. The largest absolute Gasteiger partial charge is 0.378 e. The molecule has 0 aromatic heterocycles. The lowest BCUT2D eigenvalue weighted by atomic mass is 10.1. The summed E-state index contributed by atoms with van der Waals surface area (Å²) in [5, 5.41) is 0. The van der Waals surface area contributed by atoms with Gasteiger partial charge in [-0.3, -0.25) is 4.79 Å². The second-order valence-corrected chi connectivity index (χ2v) is 6.05. The van der Waals surface area contributed by atoms with Crippen LogP contribution in [0.4, 0.5) is 0 Å². The Morgan fingerprint density at radius 3 is 2.82 bits per heavy atom. The molecule has 0 spiro atoms. The lowest BCUT2D eigenvalue weighted by Gasteiger charge is -2.24. The summed E-state index contributed by atoms with van der Waals surface area (Å²) in [6, 6.07) is 9.52. The minimum atomic E-state index is -0.449. The Labute approximate surface area is 133 Å². The van der Waals surface area contributed by atoms with E-state index in [4.69, 9.17) is 10.5 Å². The van der Waals surface area contributed by atoms with E-state index >= 15 is 0 Å². The summed E-state index contributed by atoms with van der Waals surface area (Å²) < 4.78 is 5.83. The number of carbonyl (C=O) groups excluding carboxylic acids is 1. The third-order valence-electron chi connectivity index (χ3n) is 4.16. The van der Waals surface area contributed by atoms with E-state index in [1.807, 2.05) is 35.2 Å². The maximum atomic E-state index is 12.5. The molecule has 4 nitrogen and oxygen atoms in total. The van der Waals surface area contributed by atoms with Gasteiger partial charge in [-0.25, -0.2) is 0 Å². The van der Waals surface area contributed by atoms with Crippen LogP contribution in [0.25, 0.3) is 0 Å². The number of ether oxygens (including phenoxy) is 1. The fourth-order valence-electron chi connectivity index (χ4n) is 2.93. The van der Waals surface area contributed by atoms with Crippen LogP contribution in [0.1, 0.15) is 38.2 Å². The van der Waals surface area contributed by atoms with Crippen molar-refractivity contribution in [1.82, 2.24) is 4.90 Å². The van der Waals surface area contributed by atoms with Crippen LogP contribution >= 0.6 is 0 Å². The SMILES string of the molecule is CCCO[C@H]1CCCN(C(=O)[C@@H](N)Cc2ccccc2)CC1. The van der Waals surface area contributed by atoms with Crippen molar-refractivity contribution in [3.05, 3.63) is 35.9 Å². The first-order chi connectivity index (χ1) is 10.7. The van der Waals surface area contributed by atoms with Gasteiger partial charge in [-0.05, 0) is 37.7 Å². The predicted molar refractivity (Wildman–Crippen MR) is 88.6 cm³/mol. The second-order valence-electron chi connectivity index (χ2n) is 6.05. The molecule has 1 heterocycles. The third-order valence-corrected chi connectivity index (χ3v) is 4.16. The number of nitrogens with two attached hydrogens (primary N) is 1. The lowest BCUT2D eigenvalue weighted by molar-refractivity contribution is -0.132. The van der Waals surface area contributed by atoms with Crippen molar-refractivity contribution in [2.75, 3.05) is 19.7 Å². The minimum absolute atomic E-state index is 0.0694. The van der Waals surface area contributed by atoms with Gasteiger partial charge in [-0.2, -0.15) is 0 Å². The van der Waals surface area contributed by atoms with Crippen LogP contribution in [0.3, 0.4) is 0 Å².